The molecule has 4 bridgehead atoms. The van der Waals surface area contributed by atoms with Crippen LogP contribution < -0.4 is 0 Å². The summed E-state index contributed by atoms with van der Waals surface area (Å²) in [5.41, 5.74) is 4.74. The highest BCUT2D eigenvalue weighted by molar-refractivity contribution is 7.98. The van der Waals surface area contributed by atoms with Gasteiger partial charge in [-0.05, 0) is 23.3 Å². The van der Waals surface area contributed by atoms with E-state index in [0.29, 0.717) is 13.2 Å². The molecule has 0 radical (unpaired) electrons. The Hall–Kier alpha value is -1.01. The molecule has 2 aromatic rings. The summed E-state index contributed by atoms with van der Waals surface area (Å²) in [5.74, 6) is 4.08. The number of rotatable bonds is 0. The van der Waals surface area contributed by atoms with Crippen LogP contribution in [0.4, 0.5) is 0 Å². The van der Waals surface area contributed by atoms with Gasteiger partial charge in [-0.2, -0.15) is 23.5 Å². The molecule has 24 heavy (non-hydrogen) atoms. The van der Waals surface area contributed by atoms with Crippen LogP contribution in [0.1, 0.15) is 22.5 Å². The highest BCUT2D eigenvalue weighted by atomic mass is 32.2. The second-order valence-corrected chi connectivity index (χ2v) is 7.86. The lowest BCUT2D eigenvalue weighted by atomic mass is 10.2. The molecule has 1 aliphatic heterocycles. The van der Waals surface area contributed by atoms with Crippen LogP contribution in [0.5, 0.6) is 0 Å². The molecule has 1 aromatic carbocycles. The van der Waals surface area contributed by atoms with Crippen LogP contribution in [0.3, 0.4) is 0 Å². The lowest BCUT2D eigenvalue weighted by Crippen LogP contribution is -2.04. The van der Waals surface area contributed by atoms with Crippen molar-refractivity contribution >= 4 is 23.5 Å². The van der Waals surface area contributed by atoms with E-state index in [1.54, 1.807) is 0 Å². The van der Waals surface area contributed by atoms with Gasteiger partial charge in [-0.25, -0.2) is 0 Å². The first-order valence-electron chi connectivity index (χ1n) is 8.24. The molecule has 0 atom stereocenters. The van der Waals surface area contributed by atoms with Gasteiger partial charge >= 0.3 is 0 Å². The maximum atomic E-state index is 5.75. The third kappa shape index (κ3) is 6.13. The number of thioether (sulfide) groups is 2. The zero-order valence-corrected chi connectivity index (χ0v) is 15.4. The van der Waals surface area contributed by atoms with Crippen molar-refractivity contribution in [2.45, 2.75) is 24.7 Å². The SMILES string of the molecule is c1cc2cc(c1)CSCCOCc1cccc(n1)COCCSC2. The zero-order valence-electron chi connectivity index (χ0n) is 13.8. The zero-order chi connectivity index (χ0) is 16.5. The smallest absolute Gasteiger partial charge is 0.0888 e. The van der Waals surface area contributed by atoms with Crippen molar-refractivity contribution in [3.05, 3.63) is 65.0 Å². The first-order chi connectivity index (χ1) is 11.9. The summed E-state index contributed by atoms with van der Waals surface area (Å²) >= 11 is 3.84. The largest absolute Gasteiger partial charge is 0.374 e. The van der Waals surface area contributed by atoms with Crippen LogP contribution in [0.2, 0.25) is 0 Å². The quantitative estimate of drug-likeness (QED) is 0.698. The number of pyridine rings is 1. The van der Waals surface area contributed by atoms with Crippen molar-refractivity contribution in [3.63, 3.8) is 0 Å². The van der Waals surface area contributed by atoms with Gasteiger partial charge in [-0.15, -0.1) is 0 Å². The summed E-state index contributed by atoms with van der Waals surface area (Å²) in [6, 6.07) is 14.9. The Morgan fingerprint density at radius 1 is 0.750 bits per heavy atom. The molecule has 5 heteroatoms. The van der Waals surface area contributed by atoms with Gasteiger partial charge in [0.25, 0.3) is 0 Å². The van der Waals surface area contributed by atoms with E-state index in [9.17, 15) is 0 Å². The fourth-order valence-corrected chi connectivity index (χ4v) is 4.06. The number of nitrogens with zero attached hydrogens (tertiary/aromatic N) is 1. The van der Waals surface area contributed by atoms with E-state index in [1.165, 1.54) is 11.1 Å². The summed E-state index contributed by atoms with van der Waals surface area (Å²) in [4.78, 5) is 4.59. The van der Waals surface area contributed by atoms with E-state index in [2.05, 4.69) is 29.2 Å². The minimum atomic E-state index is 0.569. The molecule has 0 unspecified atom stereocenters. The van der Waals surface area contributed by atoms with Gasteiger partial charge in [0.2, 0.25) is 0 Å². The number of hydrogen-bond donors (Lipinski definition) is 0. The average Bonchev–Trinajstić information content (AvgIpc) is 2.61. The fraction of sp³-hybridized carbons (Fsp3) is 0.421. The third-order valence-electron chi connectivity index (χ3n) is 3.64. The van der Waals surface area contributed by atoms with Gasteiger partial charge in [0.05, 0.1) is 37.8 Å². The fourth-order valence-electron chi connectivity index (χ4n) is 2.47. The second-order valence-electron chi connectivity index (χ2n) is 5.65. The van der Waals surface area contributed by atoms with E-state index >= 15 is 0 Å². The molecule has 0 aliphatic carbocycles. The van der Waals surface area contributed by atoms with Crippen LogP contribution in [0.15, 0.2) is 42.5 Å². The van der Waals surface area contributed by atoms with E-state index < -0.39 is 0 Å². The van der Waals surface area contributed by atoms with Crippen molar-refractivity contribution in [2.75, 3.05) is 24.7 Å². The molecule has 3 rings (SSSR count). The second kappa shape index (κ2) is 10.1. The van der Waals surface area contributed by atoms with E-state index in [-0.39, 0.29) is 0 Å². The molecule has 128 valence electrons. The number of ether oxygens (including phenoxy) is 2. The lowest BCUT2D eigenvalue weighted by molar-refractivity contribution is 0.127. The topological polar surface area (TPSA) is 31.4 Å². The van der Waals surface area contributed by atoms with Crippen LogP contribution in [-0.2, 0) is 34.2 Å². The third-order valence-corrected chi connectivity index (χ3v) is 5.62. The Morgan fingerprint density at radius 3 is 1.88 bits per heavy atom. The molecule has 0 amide bonds. The summed E-state index contributed by atoms with van der Waals surface area (Å²) in [6.45, 7) is 2.64. The van der Waals surface area contributed by atoms with Gasteiger partial charge in [-0.3, -0.25) is 4.98 Å². The summed E-state index contributed by atoms with van der Waals surface area (Å²) in [6.07, 6.45) is 0. The van der Waals surface area contributed by atoms with Crippen molar-refractivity contribution in [1.82, 2.24) is 4.98 Å². The predicted molar refractivity (Wildman–Crippen MR) is 102 cm³/mol. The van der Waals surface area contributed by atoms with Crippen molar-refractivity contribution in [3.8, 4) is 0 Å². The number of hydrogen-bond acceptors (Lipinski definition) is 5. The van der Waals surface area contributed by atoms with Gasteiger partial charge in [0, 0.05) is 23.0 Å². The minimum absolute atomic E-state index is 0.569. The van der Waals surface area contributed by atoms with E-state index in [1.807, 2.05) is 41.7 Å². The first kappa shape index (κ1) is 17.8. The average molecular weight is 362 g/mol. The Morgan fingerprint density at radius 2 is 1.29 bits per heavy atom. The molecule has 0 saturated heterocycles. The molecule has 1 aromatic heterocycles. The Bertz CT molecular complexity index is 534. The molecular formula is C19H23NO2S2. The van der Waals surface area contributed by atoms with Crippen LogP contribution in [0.25, 0.3) is 0 Å². The Kier molecular flexibility index (Phi) is 7.48. The normalized spacial score (nSPS) is 17.7. The maximum Gasteiger partial charge on any atom is 0.0888 e. The van der Waals surface area contributed by atoms with Gasteiger partial charge in [-0.1, -0.05) is 30.3 Å². The molecule has 0 N–H and O–H groups in total. The predicted octanol–water partition coefficient (Wildman–Crippen LogP) is 4.30. The number of benzene rings is 1. The Balaban J connectivity index is 1.58. The number of fused-ring (bicyclic) bond motifs is 4. The standard InChI is InChI=1S/C19H23NO2S2/c1-3-16-11-17(4-1)15-24-10-8-22-13-19-6-2-5-18(20-19)12-21-7-9-23-14-16/h1-6,11H,7-10,12-15H2. The number of aromatic nitrogens is 1. The summed E-state index contributed by atoms with van der Waals surface area (Å²) in [7, 11) is 0. The molecule has 0 spiro atoms. The van der Waals surface area contributed by atoms with E-state index in [0.717, 1.165) is 47.6 Å². The monoisotopic (exact) mass is 361 g/mol. The Labute approximate surface area is 152 Å². The summed E-state index contributed by atoms with van der Waals surface area (Å²) in [5, 5.41) is 0. The molecular weight excluding hydrogens is 338 g/mol. The highest BCUT2D eigenvalue weighted by Crippen LogP contribution is 2.18. The van der Waals surface area contributed by atoms with Gasteiger partial charge in [0.15, 0.2) is 0 Å². The van der Waals surface area contributed by atoms with Crippen molar-refractivity contribution in [1.29, 1.82) is 0 Å². The molecule has 1 aliphatic rings. The summed E-state index contributed by atoms with van der Waals surface area (Å²) < 4.78 is 11.5. The van der Waals surface area contributed by atoms with Crippen molar-refractivity contribution in [2.24, 2.45) is 0 Å². The first-order valence-corrected chi connectivity index (χ1v) is 10.5. The minimum Gasteiger partial charge on any atom is -0.374 e. The molecule has 0 saturated carbocycles. The molecule has 2 heterocycles. The van der Waals surface area contributed by atoms with Crippen molar-refractivity contribution < 1.29 is 9.47 Å². The highest BCUT2D eigenvalue weighted by Gasteiger charge is 2.02. The lowest BCUT2D eigenvalue weighted by Gasteiger charge is -2.09. The molecule has 0 fully saturated rings. The van der Waals surface area contributed by atoms with Crippen LogP contribution in [0, 0.1) is 0 Å². The van der Waals surface area contributed by atoms with Gasteiger partial charge in [0.1, 0.15) is 0 Å². The van der Waals surface area contributed by atoms with Crippen LogP contribution in [-0.4, -0.2) is 29.7 Å². The van der Waals surface area contributed by atoms with Crippen LogP contribution >= 0.6 is 23.5 Å². The van der Waals surface area contributed by atoms with E-state index in [4.69, 9.17) is 9.47 Å². The van der Waals surface area contributed by atoms with Gasteiger partial charge < -0.3 is 9.47 Å². The molecule has 3 nitrogen and oxygen atoms in total. The maximum absolute atomic E-state index is 5.75.